The van der Waals surface area contributed by atoms with E-state index in [2.05, 4.69) is 53.6 Å². The second kappa shape index (κ2) is 4.81. The van der Waals surface area contributed by atoms with E-state index in [4.69, 9.17) is 0 Å². The van der Waals surface area contributed by atoms with Crippen LogP contribution in [0.1, 0.15) is 35.4 Å². The molecule has 0 atom stereocenters. The van der Waals surface area contributed by atoms with Crippen LogP contribution < -0.4 is 5.32 Å². The predicted molar refractivity (Wildman–Crippen MR) is 74.7 cm³/mol. The molecule has 2 nitrogen and oxygen atoms in total. The van der Waals surface area contributed by atoms with Crippen molar-refractivity contribution in [3.8, 4) is 0 Å². The van der Waals surface area contributed by atoms with Gasteiger partial charge in [0.15, 0.2) is 0 Å². The Morgan fingerprint density at radius 2 is 1.89 bits per heavy atom. The summed E-state index contributed by atoms with van der Waals surface area (Å²) in [6, 6.07) is 12.9. The van der Waals surface area contributed by atoms with Gasteiger partial charge < -0.3 is 5.32 Å². The molecule has 92 valence electrons. The zero-order valence-corrected chi connectivity index (χ0v) is 10.7. The fourth-order valence-electron chi connectivity index (χ4n) is 2.07. The maximum atomic E-state index is 4.46. The first kappa shape index (κ1) is 11.3. The molecule has 2 aromatic rings. The van der Waals surface area contributed by atoms with Crippen LogP contribution in [-0.4, -0.2) is 4.98 Å². The summed E-state index contributed by atoms with van der Waals surface area (Å²) in [5.41, 5.74) is 3.97. The van der Waals surface area contributed by atoms with Gasteiger partial charge in [0.25, 0.3) is 0 Å². The van der Waals surface area contributed by atoms with Crippen molar-refractivity contribution in [2.24, 2.45) is 0 Å². The van der Waals surface area contributed by atoms with Crippen molar-refractivity contribution in [1.82, 2.24) is 4.98 Å². The van der Waals surface area contributed by atoms with Crippen molar-refractivity contribution in [3.63, 3.8) is 0 Å². The SMILES string of the molecule is Cc1ccc(CNc2ccc(C3CC3)cn2)cc1. The van der Waals surface area contributed by atoms with Crippen molar-refractivity contribution >= 4 is 5.82 Å². The van der Waals surface area contributed by atoms with Gasteiger partial charge >= 0.3 is 0 Å². The lowest BCUT2D eigenvalue weighted by molar-refractivity contribution is 1.06. The number of aryl methyl sites for hydroxylation is 1. The molecule has 1 aromatic heterocycles. The van der Waals surface area contributed by atoms with Crippen molar-refractivity contribution < 1.29 is 0 Å². The van der Waals surface area contributed by atoms with E-state index < -0.39 is 0 Å². The van der Waals surface area contributed by atoms with Crippen LogP contribution in [0.15, 0.2) is 42.6 Å². The Kier molecular flexibility index (Phi) is 3.01. The van der Waals surface area contributed by atoms with Gasteiger partial charge in [-0.1, -0.05) is 35.9 Å². The second-order valence-corrected chi connectivity index (χ2v) is 5.09. The molecule has 0 spiro atoms. The third-order valence-electron chi connectivity index (χ3n) is 3.43. The number of nitrogens with zero attached hydrogens (tertiary/aromatic N) is 1. The van der Waals surface area contributed by atoms with Crippen LogP contribution in [-0.2, 0) is 6.54 Å². The second-order valence-electron chi connectivity index (χ2n) is 5.09. The molecule has 0 bridgehead atoms. The van der Waals surface area contributed by atoms with E-state index in [0.29, 0.717) is 0 Å². The third kappa shape index (κ3) is 2.70. The molecule has 1 saturated carbocycles. The predicted octanol–water partition coefficient (Wildman–Crippen LogP) is 3.88. The number of hydrogen-bond acceptors (Lipinski definition) is 2. The lowest BCUT2D eigenvalue weighted by Gasteiger charge is -2.06. The summed E-state index contributed by atoms with van der Waals surface area (Å²) in [6.07, 6.45) is 4.67. The Bertz CT molecular complexity index is 510. The minimum atomic E-state index is 0.781. The smallest absolute Gasteiger partial charge is 0.126 e. The van der Waals surface area contributed by atoms with Crippen LogP contribution in [0.3, 0.4) is 0 Å². The largest absolute Gasteiger partial charge is 0.366 e. The Hall–Kier alpha value is -1.83. The molecule has 1 fully saturated rings. The summed E-state index contributed by atoms with van der Waals surface area (Å²) in [5, 5.41) is 3.36. The minimum absolute atomic E-state index is 0.781. The Morgan fingerprint density at radius 3 is 2.50 bits per heavy atom. The standard InChI is InChI=1S/C16H18N2/c1-12-2-4-13(5-3-12)10-17-16-9-8-15(11-18-16)14-6-7-14/h2-5,8-9,11,14H,6-7,10H2,1H3,(H,17,18). The summed E-state index contributed by atoms with van der Waals surface area (Å²) >= 11 is 0. The number of anilines is 1. The van der Waals surface area contributed by atoms with Gasteiger partial charge in [-0.2, -0.15) is 0 Å². The van der Waals surface area contributed by atoms with Gasteiger partial charge in [0.1, 0.15) is 5.82 Å². The lowest BCUT2D eigenvalue weighted by atomic mass is 10.1. The van der Waals surface area contributed by atoms with Crippen LogP contribution >= 0.6 is 0 Å². The third-order valence-corrected chi connectivity index (χ3v) is 3.43. The summed E-state index contributed by atoms with van der Waals surface area (Å²) in [7, 11) is 0. The van der Waals surface area contributed by atoms with Gasteiger partial charge in [-0.3, -0.25) is 0 Å². The fraction of sp³-hybridized carbons (Fsp3) is 0.312. The number of hydrogen-bond donors (Lipinski definition) is 1. The van der Waals surface area contributed by atoms with E-state index in [1.165, 1.54) is 29.5 Å². The van der Waals surface area contributed by atoms with Crippen LogP contribution in [0, 0.1) is 6.92 Å². The Labute approximate surface area is 108 Å². The molecule has 1 aromatic carbocycles. The quantitative estimate of drug-likeness (QED) is 0.874. The van der Waals surface area contributed by atoms with E-state index in [-0.39, 0.29) is 0 Å². The van der Waals surface area contributed by atoms with Crippen LogP contribution in [0.25, 0.3) is 0 Å². The molecule has 0 unspecified atom stereocenters. The highest BCUT2D eigenvalue weighted by Crippen LogP contribution is 2.39. The highest BCUT2D eigenvalue weighted by Gasteiger charge is 2.23. The molecule has 0 radical (unpaired) electrons. The molecule has 3 rings (SSSR count). The van der Waals surface area contributed by atoms with Crippen LogP contribution in [0.4, 0.5) is 5.82 Å². The number of nitrogens with one attached hydrogen (secondary N) is 1. The molecule has 0 saturated heterocycles. The summed E-state index contributed by atoms with van der Waals surface area (Å²) in [4.78, 5) is 4.46. The van der Waals surface area contributed by atoms with E-state index in [1.807, 2.05) is 6.20 Å². The highest BCUT2D eigenvalue weighted by atomic mass is 15.0. The first-order valence-electron chi connectivity index (χ1n) is 6.56. The van der Waals surface area contributed by atoms with Gasteiger partial charge in [0.05, 0.1) is 0 Å². The number of aromatic nitrogens is 1. The number of pyridine rings is 1. The van der Waals surface area contributed by atoms with Gasteiger partial charge in [-0.05, 0) is 42.9 Å². The number of rotatable bonds is 4. The fourth-order valence-corrected chi connectivity index (χ4v) is 2.07. The van der Waals surface area contributed by atoms with Gasteiger partial charge in [0.2, 0.25) is 0 Å². The molecule has 18 heavy (non-hydrogen) atoms. The monoisotopic (exact) mass is 238 g/mol. The molecule has 1 aliphatic rings. The van der Waals surface area contributed by atoms with Crippen LogP contribution in [0.5, 0.6) is 0 Å². The maximum Gasteiger partial charge on any atom is 0.126 e. The topological polar surface area (TPSA) is 24.9 Å². The average molecular weight is 238 g/mol. The van der Waals surface area contributed by atoms with E-state index >= 15 is 0 Å². The van der Waals surface area contributed by atoms with E-state index in [0.717, 1.165) is 18.3 Å². The molecule has 0 amide bonds. The first-order valence-corrected chi connectivity index (χ1v) is 6.56. The van der Waals surface area contributed by atoms with Gasteiger partial charge in [-0.25, -0.2) is 4.98 Å². The van der Waals surface area contributed by atoms with Gasteiger partial charge in [0, 0.05) is 12.7 Å². The van der Waals surface area contributed by atoms with Crippen molar-refractivity contribution in [1.29, 1.82) is 0 Å². The van der Waals surface area contributed by atoms with Crippen molar-refractivity contribution in [3.05, 3.63) is 59.3 Å². The Balaban J connectivity index is 1.60. The average Bonchev–Trinajstić information content (AvgIpc) is 3.23. The van der Waals surface area contributed by atoms with Crippen molar-refractivity contribution in [2.75, 3.05) is 5.32 Å². The van der Waals surface area contributed by atoms with Crippen LogP contribution in [0.2, 0.25) is 0 Å². The molecule has 1 heterocycles. The summed E-state index contributed by atoms with van der Waals surface area (Å²) < 4.78 is 0. The van der Waals surface area contributed by atoms with E-state index in [1.54, 1.807) is 0 Å². The summed E-state index contributed by atoms with van der Waals surface area (Å²) in [6.45, 7) is 2.94. The highest BCUT2D eigenvalue weighted by molar-refractivity contribution is 5.38. The first-order chi connectivity index (χ1) is 8.81. The normalized spacial score (nSPS) is 14.5. The Morgan fingerprint density at radius 1 is 1.11 bits per heavy atom. The summed E-state index contributed by atoms with van der Waals surface area (Å²) in [5.74, 6) is 1.74. The lowest BCUT2D eigenvalue weighted by Crippen LogP contribution is -2.01. The zero-order chi connectivity index (χ0) is 12.4. The minimum Gasteiger partial charge on any atom is -0.366 e. The molecular formula is C16H18N2. The molecule has 2 heteroatoms. The molecule has 0 aliphatic heterocycles. The molecule has 1 N–H and O–H groups in total. The van der Waals surface area contributed by atoms with E-state index in [9.17, 15) is 0 Å². The van der Waals surface area contributed by atoms with Crippen molar-refractivity contribution in [2.45, 2.75) is 32.2 Å². The van der Waals surface area contributed by atoms with Gasteiger partial charge in [-0.15, -0.1) is 0 Å². The molecule has 1 aliphatic carbocycles. The molecular weight excluding hydrogens is 220 g/mol. The number of benzene rings is 1. The maximum absolute atomic E-state index is 4.46. The zero-order valence-electron chi connectivity index (χ0n) is 10.7.